The Hall–Kier alpha value is -4.97. The van der Waals surface area contributed by atoms with Gasteiger partial charge in [-0.25, -0.2) is 14.4 Å². The van der Waals surface area contributed by atoms with Crippen LogP contribution in [0.1, 0.15) is 64.2 Å². The highest BCUT2D eigenvalue weighted by Crippen LogP contribution is 2.26. The van der Waals surface area contributed by atoms with E-state index in [1.807, 2.05) is 0 Å². The van der Waals surface area contributed by atoms with Gasteiger partial charge in [0.05, 0.1) is 24.1 Å². The first-order valence-corrected chi connectivity index (χ1v) is 20.5. The molecule has 1 aliphatic rings. The Morgan fingerprint density at radius 2 is 1.48 bits per heavy atom. The highest BCUT2D eigenvalue weighted by Gasteiger charge is 2.40. The van der Waals surface area contributed by atoms with E-state index in [-0.39, 0.29) is 62.4 Å². The van der Waals surface area contributed by atoms with E-state index >= 15 is 0 Å². The van der Waals surface area contributed by atoms with Crippen LogP contribution in [-0.2, 0) is 52.7 Å². The Kier molecular flexibility index (Phi) is 23.0. The number of thioether (sulfide) groups is 2. The molecular formula is C34H52N6O16S2. The minimum atomic E-state index is -1.52. The van der Waals surface area contributed by atoms with Gasteiger partial charge in [0, 0.05) is 57.8 Å². The number of amides is 6. The number of urea groups is 1. The summed E-state index contributed by atoms with van der Waals surface area (Å²) in [6, 6.07) is -6.32. The number of nitrogens with zero attached hydrogens (tertiary/aromatic N) is 3. The topological polar surface area (TPSA) is 324 Å². The molecule has 22 nitrogen and oxygen atoms in total. The Bertz CT molecular complexity index is 1520. The average molecular weight is 865 g/mol. The van der Waals surface area contributed by atoms with Crippen molar-refractivity contribution in [3.8, 4) is 0 Å². The number of rotatable bonds is 30. The zero-order chi connectivity index (χ0) is 44.1. The Morgan fingerprint density at radius 3 is 2.03 bits per heavy atom. The standard InChI is InChI=1S/C34H52N6O16S2/c1-35-20(29(48)38(2)22(14-28(46)47)30(49)39(3)23(17-57-4)33(53)54)10-9-19(42)8-6-5-7-13-40-26(43)15-24(31(40)50)58-16-21(32(51)52)36-34(55)37-25(56-18-41)11-12-27(44)45/h18,20-25,35H,5-17H2,1-4H3,(H,44,45)(H,46,47)(H,51,52)(H,53,54)(H2,36,37,55)/t20-,21-,22?,23-,24?,25+/m0/s1. The molecule has 0 saturated carbocycles. The first-order chi connectivity index (χ1) is 27.3. The van der Waals surface area contributed by atoms with E-state index < -0.39 is 102 Å². The highest BCUT2D eigenvalue weighted by atomic mass is 32.2. The first-order valence-electron chi connectivity index (χ1n) is 18.0. The number of imide groups is 1. The molecule has 1 saturated heterocycles. The molecule has 2 unspecified atom stereocenters. The molecule has 1 rings (SSSR count). The second-order valence-electron chi connectivity index (χ2n) is 13.1. The lowest BCUT2D eigenvalue weighted by Crippen LogP contribution is -2.56. The fourth-order valence-electron chi connectivity index (χ4n) is 5.69. The van der Waals surface area contributed by atoms with Crippen LogP contribution in [0, 0.1) is 0 Å². The van der Waals surface area contributed by atoms with Crippen LogP contribution in [0.25, 0.3) is 0 Å². The number of carbonyl (C=O) groups is 11. The van der Waals surface area contributed by atoms with Crippen LogP contribution in [0.5, 0.6) is 0 Å². The summed E-state index contributed by atoms with van der Waals surface area (Å²) < 4.78 is 4.60. The number of hydrogen-bond donors (Lipinski definition) is 7. The summed E-state index contributed by atoms with van der Waals surface area (Å²) >= 11 is 2.02. The van der Waals surface area contributed by atoms with Crippen molar-refractivity contribution in [2.45, 2.75) is 99.9 Å². The molecule has 0 radical (unpaired) electrons. The zero-order valence-corrected chi connectivity index (χ0v) is 34.2. The van der Waals surface area contributed by atoms with Gasteiger partial charge in [-0.05, 0) is 32.6 Å². The largest absolute Gasteiger partial charge is 0.481 e. The monoisotopic (exact) mass is 864 g/mol. The summed E-state index contributed by atoms with van der Waals surface area (Å²) in [4.78, 5) is 136. The molecule has 6 amide bonds. The summed E-state index contributed by atoms with van der Waals surface area (Å²) in [6.07, 6.45) is -0.0659. The van der Waals surface area contributed by atoms with Gasteiger partial charge in [0.2, 0.25) is 23.6 Å². The van der Waals surface area contributed by atoms with Crippen molar-refractivity contribution in [1.29, 1.82) is 0 Å². The molecule has 0 aromatic carbocycles. The van der Waals surface area contributed by atoms with Gasteiger partial charge < -0.3 is 50.9 Å². The van der Waals surface area contributed by atoms with Gasteiger partial charge in [-0.2, -0.15) is 11.8 Å². The SMILES string of the molecule is CN[C@@H](CCC(=O)CCCCCN1C(=O)CC(SC[C@H](NC(=O)N[C@@H](CCC(=O)O)OC=O)C(=O)O)C1=O)C(=O)N(C)C(CC(=O)O)C(=O)N(C)[C@@H](CSC)C(=O)O. The van der Waals surface area contributed by atoms with E-state index in [0.717, 1.165) is 26.5 Å². The maximum Gasteiger partial charge on any atom is 0.327 e. The lowest BCUT2D eigenvalue weighted by molar-refractivity contribution is -0.154. The molecule has 0 aromatic heterocycles. The van der Waals surface area contributed by atoms with Gasteiger partial charge in [0.15, 0.2) is 6.23 Å². The van der Waals surface area contributed by atoms with Gasteiger partial charge in [-0.15, -0.1) is 11.8 Å². The number of unbranched alkanes of at least 4 members (excludes halogenated alkanes) is 2. The van der Waals surface area contributed by atoms with E-state index in [9.17, 15) is 68.1 Å². The van der Waals surface area contributed by atoms with E-state index in [1.54, 1.807) is 6.26 Å². The molecule has 6 atom stereocenters. The van der Waals surface area contributed by atoms with E-state index in [4.69, 9.17) is 5.11 Å². The Labute approximate surface area is 342 Å². The third-order valence-electron chi connectivity index (χ3n) is 8.99. The average Bonchev–Trinajstić information content (AvgIpc) is 3.42. The normalized spacial score (nSPS) is 16.3. The summed E-state index contributed by atoms with van der Waals surface area (Å²) in [7, 11) is 3.92. The number of likely N-dealkylation sites (N-methyl/N-ethyl adjacent to an activating group) is 3. The molecule has 1 heterocycles. The lowest BCUT2D eigenvalue weighted by Gasteiger charge is -2.34. The van der Waals surface area contributed by atoms with Crippen molar-refractivity contribution in [2.75, 3.05) is 45.4 Å². The maximum atomic E-state index is 13.3. The van der Waals surface area contributed by atoms with Crippen molar-refractivity contribution in [3.63, 3.8) is 0 Å². The van der Waals surface area contributed by atoms with Gasteiger partial charge in [-0.3, -0.25) is 43.3 Å². The number of ether oxygens (including phenoxy) is 1. The number of ketones is 1. The minimum Gasteiger partial charge on any atom is -0.481 e. The molecule has 58 heavy (non-hydrogen) atoms. The first kappa shape index (κ1) is 51.0. The Balaban J connectivity index is 2.63. The fraction of sp³-hybridized carbons (Fsp3) is 0.676. The van der Waals surface area contributed by atoms with Crippen LogP contribution < -0.4 is 16.0 Å². The van der Waals surface area contributed by atoms with Gasteiger partial charge in [0.25, 0.3) is 6.47 Å². The number of hydrogen-bond acceptors (Lipinski definition) is 15. The number of carboxylic acid groups (broad SMARTS) is 4. The second-order valence-corrected chi connectivity index (χ2v) is 15.3. The van der Waals surface area contributed by atoms with Crippen LogP contribution in [0.3, 0.4) is 0 Å². The van der Waals surface area contributed by atoms with E-state index in [2.05, 4.69) is 20.7 Å². The zero-order valence-electron chi connectivity index (χ0n) is 32.6. The predicted octanol–water partition coefficient (Wildman–Crippen LogP) is -0.963. The lowest BCUT2D eigenvalue weighted by atomic mass is 10.0. The molecular weight excluding hydrogens is 813 g/mol. The highest BCUT2D eigenvalue weighted by molar-refractivity contribution is 8.00. The fourth-order valence-corrected chi connectivity index (χ4v) is 7.55. The summed E-state index contributed by atoms with van der Waals surface area (Å²) in [5.74, 6) is -8.36. The number of carboxylic acids is 4. The molecule has 0 aliphatic carbocycles. The second kappa shape index (κ2) is 26.1. The Morgan fingerprint density at radius 1 is 0.828 bits per heavy atom. The van der Waals surface area contributed by atoms with Gasteiger partial charge in [-0.1, -0.05) is 6.42 Å². The summed E-state index contributed by atoms with van der Waals surface area (Å²) in [5, 5.41) is 43.5. The molecule has 1 aliphatic heterocycles. The number of nitrogens with one attached hydrogen (secondary N) is 3. The van der Waals surface area contributed by atoms with E-state index in [1.165, 1.54) is 32.9 Å². The van der Waals surface area contributed by atoms with E-state index in [0.29, 0.717) is 19.3 Å². The predicted molar refractivity (Wildman–Crippen MR) is 205 cm³/mol. The quantitative estimate of drug-likeness (QED) is 0.0198. The summed E-state index contributed by atoms with van der Waals surface area (Å²) in [6.45, 7) is 0.0465. The molecule has 0 aromatic rings. The van der Waals surface area contributed by atoms with Gasteiger partial charge >= 0.3 is 29.9 Å². The molecule has 0 spiro atoms. The molecule has 0 bridgehead atoms. The van der Waals surface area contributed by atoms with Crippen molar-refractivity contribution < 1.29 is 77.9 Å². The number of Topliss-reactive ketones (excluding diaryl/α,β-unsaturated/α-hetero) is 1. The van der Waals surface area contributed by atoms with Crippen LogP contribution >= 0.6 is 23.5 Å². The smallest absolute Gasteiger partial charge is 0.327 e. The van der Waals surface area contributed by atoms with Crippen molar-refractivity contribution in [3.05, 3.63) is 0 Å². The molecule has 326 valence electrons. The molecule has 7 N–H and O–H groups in total. The van der Waals surface area contributed by atoms with Crippen molar-refractivity contribution >= 4 is 89.3 Å². The van der Waals surface area contributed by atoms with Crippen LogP contribution in [0.2, 0.25) is 0 Å². The maximum absolute atomic E-state index is 13.3. The van der Waals surface area contributed by atoms with Crippen LogP contribution in [0.4, 0.5) is 4.79 Å². The number of aliphatic carboxylic acids is 4. The third kappa shape index (κ3) is 17.3. The molecule has 1 fully saturated rings. The van der Waals surface area contributed by atoms with Crippen molar-refractivity contribution in [1.82, 2.24) is 30.7 Å². The number of likely N-dealkylation sites (tertiary alicyclic amines) is 1. The van der Waals surface area contributed by atoms with Gasteiger partial charge in [0.1, 0.15) is 23.9 Å². The molecule has 24 heteroatoms. The summed E-state index contributed by atoms with van der Waals surface area (Å²) in [5.41, 5.74) is 0. The third-order valence-corrected chi connectivity index (χ3v) is 10.9. The van der Waals surface area contributed by atoms with Crippen molar-refractivity contribution in [2.24, 2.45) is 0 Å². The van der Waals surface area contributed by atoms with Crippen LogP contribution in [-0.4, -0.2) is 182 Å². The number of carbonyl (C=O) groups excluding carboxylic acids is 7. The van der Waals surface area contributed by atoms with Crippen LogP contribution in [0.15, 0.2) is 0 Å². The minimum absolute atomic E-state index is 0.00799.